The van der Waals surface area contributed by atoms with Crippen LogP contribution in [0.3, 0.4) is 0 Å². The fourth-order valence-corrected chi connectivity index (χ4v) is 2.04. The van der Waals surface area contributed by atoms with Gasteiger partial charge in [-0.1, -0.05) is 0 Å². The zero-order chi connectivity index (χ0) is 10.0. The summed E-state index contributed by atoms with van der Waals surface area (Å²) in [4.78, 5) is 3.99. The number of nitrogens with zero attached hydrogens (tertiary/aromatic N) is 1. The van der Waals surface area contributed by atoms with Crippen molar-refractivity contribution in [3.05, 3.63) is 26.6 Å². The quantitative estimate of drug-likeness (QED) is 0.599. The van der Waals surface area contributed by atoms with E-state index in [2.05, 4.69) is 4.98 Å². The Balaban J connectivity index is 3.20. The van der Waals surface area contributed by atoms with Gasteiger partial charge in [-0.25, -0.2) is 8.78 Å². The van der Waals surface area contributed by atoms with Gasteiger partial charge in [0.05, 0.1) is 11.6 Å². The van der Waals surface area contributed by atoms with Crippen molar-refractivity contribution >= 4 is 34.2 Å². The maximum Gasteiger partial charge on any atom is 0.265 e. The summed E-state index contributed by atoms with van der Waals surface area (Å²) < 4.78 is 25.4. The van der Waals surface area contributed by atoms with Gasteiger partial charge in [-0.2, -0.15) is 0 Å². The topological polar surface area (TPSA) is 12.9 Å². The lowest BCUT2D eigenvalue weighted by Crippen LogP contribution is -1.99. The lowest BCUT2D eigenvalue weighted by atomic mass is 10.2. The van der Waals surface area contributed by atoms with Crippen molar-refractivity contribution in [3.8, 4) is 0 Å². The Morgan fingerprint density at radius 3 is 2.69 bits per heavy atom. The molecule has 0 aliphatic rings. The summed E-state index contributed by atoms with van der Waals surface area (Å²) in [6.45, 7) is 1.56. The van der Waals surface area contributed by atoms with E-state index < -0.39 is 6.43 Å². The van der Waals surface area contributed by atoms with E-state index in [9.17, 15) is 8.78 Å². The maximum atomic E-state index is 12.4. The number of halogens is 4. The molecule has 0 fully saturated rings. The van der Waals surface area contributed by atoms with E-state index in [4.69, 9.17) is 11.6 Å². The molecule has 1 aromatic rings. The average Bonchev–Trinajstić information content (AvgIpc) is 2.07. The molecule has 1 heterocycles. The average molecular weight is 318 g/mol. The Bertz CT molecular complexity index is 317. The van der Waals surface area contributed by atoms with Crippen molar-refractivity contribution in [1.82, 2.24) is 4.98 Å². The monoisotopic (exact) mass is 317 g/mol. The molecule has 13 heavy (non-hydrogen) atoms. The predicted molar refractivity (Wildman–Crippen MR) is 56.2 cm³/mol. The molecule has 0 aliphatic carbocycles. The Kier molecular flexibility index (Phi) is 3.85. The third kappa shape index (κ3) is 2.49. The number of hydrogen-bond acceptors (Lipinski definition) is 1. The van der Waals surface area contributed by atoms with Crippen molar-refractivity contribution < 1.29 is 8.78 Å². The van der Waals surface area contributed by atoms with E-state index in [-0.39, 0.29) is 11.4 Å². The highest BCUT2D eigenvalue weighted by Crippen LogP contribution is 2.25. The smallest absolute Gasteiger partial charge is 0.255 e. The van der Waals surface area contributed by atoms with Crippen LogP contribution in [0.2, 0.25) is 0 Å². The molecule has 1 aromatic heterocycles. The standard InChI is InChI=1S/C8H7ClF2IN/c1-4-5(8(10)11)2-6(12)7(3-9)13-4/h2,8H,3H2,1H3. The molecule has 5 heteroatoms. The summed E-state index contributed by atoms with van der Waals surface area (Å²) in [7, 11) is 0. The minimum atomic E-state index is -2.47. The van der Waals surface area contributed by atoms with Crippen LogP contribution in [0.15, 0.2) is 6.07 Å². The van der Waals surface area contributed by atoms with E-state index in [0.717, 1.165) is 0 Å². The minimum Gasteiger partial charge on any atom is -0.255 e. The molecule has 72 valence electrons. The summed E-state index contributed by atoms with van der Waals surface area (Å²) >= 11 is 7.54. The summed E-state index contributed by atoms with van der Waals surface area (Å²) in [6.07, 6.45) is -2.47. The zero-order valence-electron chi connectivity index (χ0n) is 6.82. The highest BCUT2D eigenvalue weighted by Gasteiger charge is 2.14. The first-order chi connectivity index (χ1) is 6.06. The Hall–Kier alpha value is 0.0300. The maximum absolute atomic E-state index is 12.4. The van der Waals surface area contributed by atoms with Crippen LogP contribution in [0, 0.1) is 10.5 Å². The highest BCUT2D eigenvalue weighted by atomic mass is 127. The van der Waals surface area contributed by atoms with Gasteiger partial charge in [-0.15, -0.1) is 11.6 Å². The van der Waals surface area contributed by atoms with Crippen molar-refractivity contribution in [2.45, 2.75) is 19.2 Å². The van der Waals surface area contributed by atoms with Crippen LogP contribution in [0.4, 0.5) is 8.78 Å². The second-order valence-corrected chi connectivity index (χ2v) is 3.96. The van der Waals surface area contributed by atoms with Gasteiger partial charge in [-0.3, -0.25) is 4.98 Å². The second kappa shape index (κ2) is 4.50. The van der Waals surface area contributed by atoms with E-state index in [0.29, 0.717) is 15.0 Å². The first kappa shape index (κ1) is 11.1. The molecule has 0 aromatic carbocycles. The zero-order valence-corrected chi connectivity index (χ0v) is 9.73. The summed E-state index contributed by atoms with van der Waals surface area (Å²) in [5, 5.41) is 0. The van der Waals surface area contributed by atoms with Crippen LogP contribution in [-0.2, 0) is 5.88 Å². The number of rotatable bonds is 2. The van der Waals surface area contributed by atoms with Crippen LogP contribution >= 0.6 is 34.2 Å². The van der Waals surface area contributed by atoms with Crippen molar-refractivity contribution in [1.29, 1.82) is 0 Å². The number of aryl methyl sites for hydroxylation is 1. The number of alkyl halides is 3. The Morgan fingerprint density at radius 2 is 2.23 bits per heavy atom. The van der Waals surface area contributed by atoms with E-state index in [1.54, 1.807) is 6.92 Å². The molecule has 0 unspecified atom stereocenters. The lowest BCUT2D eigenvalue weighted by Gasteiger charge is -2.07. The first-order valence-electron chi connectivity index (χ1n) is 3.56. The SMILES string of the molecule is Cc1nc(CCl)c(I)cc1C(F)F. The molecule has 0 atom stereocenters. The van der Waals surface area contributed by atoms with Gasteiger partial charge in [0.25, 0.3) is 6.43 Å². The molecule has 0 saturated carbocycles. The van der Waals surface area contributed by atoms with Gasteiger partial charge < -0.3 is 0 Å². The van der Waals surface area contributed by atoms with E-state index in [1.807, 2.05) is 22.6 Å². The fraction of sp³-hybridized carbons (Fsp3) is 0.375. The summed E-state index contributed by atoms with van der Waals surface area (Å²) in [6, 6.07) is 1.44. The van der Waals surface area contributed by atoms with Crippen LogP contribution in [0.1, 0.15) is 23.4 Å². The Labute approximate surface area is 93.6 Å². The van der Waals surface area contributed by atoms with Crippen molar-refractivity contribution in [3.63, 3.8) is 0 Å². The van der Waals surface area contributed by atoms with Gasteiger partial charge in [0, 0.05) is 14.8 Å². The minimum absolute atomic E-state index is 0.0155. The second-order valence-electron chi connectivity index (χ2n) is 2.53. The van der Waals surface area contributed by atoms with Crippen LogP contribution < -0.4 is 0 Å². The van der Waals surface area contributed by atoms with Crippen LogP contribution in [0.5, 0.6) is 0 Å². The van der Waals surface area contributed by atoms with Gasteiger partial charge >= 0.3 is 0 Å². The number of pyridine rings is 1. The summed E-state index contributed by atoms with van der Waals surface area (Å²) in [5.41, 5.74) is 0.994. The van der Waals surface area contributed by atoms with E-state index in [1.165, 1.54) is 6.07 Å². The predicted octanol–water partition coefficient (Wildman–Crippen LogP) is 3.67. The molecule has 1 rings (SSSR count). The summed E-state index contributed by atoms with van der Waals surface area (Å²) in [5.74, 6) is 0.253. The Morgan fingerprint density at radius 1 is 1.62 bits per heavy atom. The molecule has 1 nitrogen and oxygen atoms in total. The lowest BCUT2D eigenvalue weighted by molar-refractivity contribution is 0.150. The van der Waals surface area contributed by atoms with Crippen LogP contribution in [0.25, 0.3) is 0 Å². The molecular weight excluding hydrogens is 310 g/mol. The highest BCUT2D eigenvalue weighted by molar-refractivity contribution is 14.1. The molecule has 0 N–H and O–H groups in total. The van der Waals surface area contributed by atoms with Crippen molar-refractivity contribution in [2.75, 3.05) is 0 Å². The molecule has 0 spiro atoms. The molecule has 0 saturated heterocycles. The largest absolute Gasteiger partial charge is 0.265 e. The number of aromatic nitrogens is 1. The third-order valence-corrected chi connectivity index (χ3v) is 2.83. The van der Waals surface area contributed by atoms with E-state index >= 15 is 0 Å². The van der Waals surface area contributed by atoms with Gasteiger partial charge in [-0.05, 0) is 35.6 Å². The molecule has 0 aliphatic heterocycles. The fourth-order valence-electron chi connectivity index (χ4n) is 0.959. The molecular formula is C8H7ClF2IN. The number of hydrogen-bond donors (Lipinski definition) is 0. The van der Waals surface area contributed by atoms with Crippen molar-refractivity contribution in [2.24, 2.45) is 0 Å². The molecule has 0 bridgehead atoms. The molecule has 0 amide bonds. The molecule has 0 radical (unpaired) electrons. The van der Waals surface area contributed by atoms with Gasteiger partial charge in [0.2, 0.25) is 0 Å². The van der Waals surface area contributed by atoms with Crippen LogP contribution in [-0.4, -0.2) is 4.98 Å². The van der Waals surface area contributed by atoms with Gasteiger partial charge in [0.15, 0.2) is 0 Å². The third-order valence-electron chi connectivity index (χ3n) is 1.64. The van der Waals surface area contributed by atoms with Gasteiger partial charge in [0.1, 0.15) is 0 Å². The first-order valence-corrected chi connectivity index (χ1v) is 5.17. The normalized spacial score (nSPS) is 10.9.